The SMILES string of the molecule is CCc1ccnc(C(=O)N2C(C(N)=O)CC3CC32[C@@H](c2cc(F)c(Cl)cc2F)C2CC2)c1. The van der Waals surface area contributed by atoms with E-state index in [9.17, 15) is 14.0 Å². The largest absolute Gasteiger partial charge is 0.368 e. The molecule has 2 amide bonds. The average Bonchev–Trinajstić information content (AvgIpc) is 3.69. The molecule has 3 fully saturated rings. The molecule has 5 nitrogen and oxygen atoms in total. The van der Waals surface area contributed by atoms with E-state index in [0.29, 0.717) is 12.8 Å². The Kier molecular flexibility index (Phi) is 5.00. The molecule has 5 rings (SSSR count). The van der Waals surface area contributed by atoms with Crippen LogP contribution in [0, 0.1) is 23.5 Å². The number of aryl methyl sites for hydroxylation is 1. The number of hydrogen-bond acceptors (Lipinski definition) is 3. The smallest absolute Gasteiger partial charge is 0.273 e. The maximum atomic E-state index is 15.1. The van der Waals surface area contributed by atoms with Crippen LogP contribution in [0.15, 0.2) is 30.5 Å². The number of halogens is 3. The van der Waals surface area contributed by atoms with Gasteiger partial charge < -0.3 is 10.6 Å². The minimum absolute atomic E-state index is 0.00190. The van der Waals surface area contributed by atoms with E-state index in [4.69, 9.17) is 17.3 Å². The van der Waals surface area contributed by atoms with Gasteiger partial charge >= 0.3 is 0 Å². The van der Waals surface area contributed by atoms with E-state index in [1.54, 1.807) is 17.2 Å². The van der Waals surface area contributed by atoms with Gasteiger partial charge in [0, 0.05) is 12.1 Å². The second-order valence-electron chi connectivity index (χ2n) is 9.23. The second kappa shape index (κ2) is 7.51. The van der Waals surface area contributed by atoms with Crippen molar-refractivity contribution in [1.29, 1.82) is 0 Å². The number of rotatable bonds is 6. The highest BCUT2D eigenvalue weighted by Crippen LogP contribution is 2.69. The van der Waals surface area contributed by atoms with Crippen LogP contribution in [0.3, 0.4) is 0 Å². The Hall–Kier alpha value is -2.54. The summed E-state index contributed by atoms with van der Waals surface area (Å²) in [5.74, 6) is -2.58. The molecule has 3 aliphatic rings. The fourth-order valence-electron chi connectivity index (χ4n) is 5.76. The van der Waals surface area contributed by atoms with Crippen molar-refractivity contribution < 1.29 is 18.4 Å². The topological polar surface area (TPSA) is 76.3 Å². The first-order chi connectivity index (χ1) is 15.3. The summed E-state index contributed by atoms with van der Waals surface area (Å²) in [6, 6.07) is 4.91. The zero-order chi connectivity index (χ0) is 22.8. The van der Waals surface area contributed by atoms with Crippen molar-refractivity contribution in [2.45, 2.75) is 56.5 Å². The maximum Gasteiger partial charge on any atom is 0.273 e. The molecule has 1 aromatic heterocycles. The predicted molar refractivity (Wildman–Crippen MR) is 115 cm³/mol. The Morgan fingerprint density at radius 2 is 2.03 bits per heavy atom. The van der Waals surface area contributed by atoms with Gasteiger partial charge in [-0.15, -0.1) is 0 Å². The Morgan fingerprint density at radius 3 is 2.69 bits per heavy atom. The molecule has 8 heteroatoms. The van der Waals surface area contributed by atoms with Crippen LogP contribution in [-0.2, 0) is 11.2 Å². The zero-order valence-electron chi connectivity index (χ0n) is 17.7. The molecule has 2 N–H and O–H groups in total. The first-order valence-electron chi connectivity index (χ1n) is 11.0. The van der Waals surface area contributed by atoms with Gasteiger partial charge in [0.2, 0.25) is 5.91 Å². The van der Waals surface area contributed by atoms with Crippen molar-refractivity contribution in [1.82, 2.24) is 9.88 Å². The lowest BCUT2D eigenvalue weighted by Crippen LogP contribution is -2.53. The Morgan fingerprint density at radius 1 is 1.28 bits per heavy atom. The lowest BCUT2D eigenvalue weighted by Gasteiger charge is -2.38. The van der Waals surface area contributed by atoms with Crippen LogP contribution in [0.4, 0.5) is 8.78 Å². The summed E-state index contributed by atoms with van der Waals surface area (Å²) in [5.41, 5.74) is 6.33. The third-order valence-corrected chi connectivity index (χ3v) is 7.68. The molecule has 0 bridgehead atoms. The van der Waals surface area contributed by atoms with Gasteiger partial charge in [-0.05, 0) is 79.3 Å². The fourth-order valence-corrected chi connectivity index (χ4v) is 5.91. The van der Waals surface area contributed by atoms with E-state index >= 15 is 4.39 Å². The summed E-state index contributed by atoms with van der Waals surface area (Å²) in [6.07, 6.45) is 5.07. The number of likely N-dealkylation sites (tertiary alicyclic amines) is 1. The second-order valence-corrected chi connectivity index (χ2v) is 9.63. The molecular formula is C24H24ClF2N3O2. The number of fused-ring (bicyclic) bond motifs is 1. The Balaban J connectivity index is 1.62. The number of aromatic nitrogens is 1. The third kappa shape index (κ3) is 3.20. The summed E-state index contributed by atoms with van der Waals surface area (Å²) in [7, 11) is 0. The van der Waals surface area contributed by atoms with Crippen LogP contribution < -0.4 is 5.73 Å². The minimum atomic E-state index is -0.796. The van der Waals surface area contributed by atoms with Gasteiger partial charge in [-0.2, -0.15) is 0 Å². The van der Waals surface area contributed by atoms with E-state index in [-0.39, 0.29) is 34.0 Å². The van der Waals surface area contributed by atoms with Crippen molar-refractivity contribution in [3.05, 3.63) is 63.9 Å². The van der Waals surface area contributed by atoms with E-state index < -0.39 is 35.0 Å². The predicted octanol–water partition coefficient (Wildman–Crippen LogP) is 4.23. The molecule has 2 heterocycles. The summed E-state index contributed by atoms with van der Waals surface area (Å²) in [4.78, 5) is 31.9. The van der Waals surface area contributed by atoms with Crippen molar-refractivity contribution in [2.24, 2.45) is 17.6 Å². The zero-order valence-corrected chi connectivity index (χ0v) is 18.4. The van der Waals surface area contributed by atoms with Gasteiger partial charge in [0.15, 0.2) is 0 Å². The number of hydrogen-bond donors (Lipinski definition) is 1. The number of amides is 2. The van der Waals surface area contributed by atoms with E-state index in [1.807, 2.05) is 13.0 Å². The van der Waals surface area contributed by atoms with Crippen molar-refractivity contribution in [2.75, 3.05) is 0 Å². The molecule has 1 aromatic carbocycles. The monoisotopic (exact) mass is 459 g/mol. The van der Waals surface area contributed by atoms with Crippen LogP contribution in [0.25, 0.3) is 0 Å². The number of pyridine rings is 1. The number of nitrogens with two attached hydrogens (primary N) is 1. The lowest BCUT2D eigenvalue weighted by molar-refractivity contribution is -0.122. The molecule has 1 saturated heterocycles. The summed E-state index contributed by atoms with van der Waals surface area (Å²) >= 11 is 5.79. The summed E-state index contributed by atoms with van der Waals surface area (Å²) in [6.45, 7) is 1.98. The standard InChI is InChI=1S/C24H24ClF2N3O2/c1-2-12-5-6-29-19(7-12)23(32)30-20(22(28)31)8-14-11-24(14,30)21(13-3-4-13)15-9-18(27)16(25)10-17(15)26/h5-7,9-10,13-14,20-21H,2-4,8,11H2,1H3,(H2,28,31)/t14?,20?,21-,24?/m1/s1. The number of carbonyl (C=O) groups excluding carboxylic acids is 2. The van der Waals surface area contributed by atoms with Gasteiger partial charge in [-0.3, -0.25) is 14.6 Å². The number of benzene rings is 1. The van der Waals surface area contributed by atoms with Crippen molar-refractivity contribution in [3.63, 3.8) is 0 Å². The van der Waals surface area contributed by atoms with E-state index in [2.05, 4.69) is 4.98 Å². The Labute approximate surface area is 189 Å². The molecular weight excluding hydrogens is 436 g/mol. The molecule has 3 unspecified atom stereocenters. The highest BCUT2D eigenvalue weighted by atomic mass is 35.5. The number of piperidine rings is 1. The quantitative estimate of drug-likeness (QED) is 0.657. The number of nitrogens with zero attached hydrogens (tertiary/aromatic N) is 2. The highest BCUT2D eigenvalue weighted by molar-refractivity contribution is 6.30. The normalized spacial score (nSPS) is 27.2. The minimum Gasteiger partial charge on any atom is -0.368 e. The first kappa shape index (κ1) is 21.3. The molecule has 2 aliphatic carbocycles. The van der Waals surface area contributed by atoms with Crippen LogP contribution in [-0.4, -0.2) is 33.3 Å². The third-order valence-electron chi connectivity index (χ3n) is 7.39. The summed E-state index contributed by atoms with van der Waals surface area (Å²) in [5, 5.41) is -0.277. The van der Waals surface area contributed by atoms with Gasteiger partial charge in [0.25, 0.3) is 5.91 Å². The summed E-state index contributed by atoms with van der Waals surface area (Å²) < 4.78 is 29.4. The van der Waals surface area contributed by atoms with Gasteiger partial charge in [0.05, 0.1) is 10.6 Å². The highest BCUT2D eigenvalue weighted by Gasteiger charge is 2.73. The average molecular weight is 460 g/mol. The maximum absolute atomic E-state index is 15.1. The molecule has 2 saturated carbocycles. The molecule has 0 radical (unpaired) electrons. The van der Waals surface area contributed by atoms with Gasteiger partial charge in [-0.1, -0.05) is 18.5 Å². The van der Waals surface area contributed by atoms with Crippen LogP contribution in [0.1, 0.15) is 60.1 Å². The molecule has 1 aliphatic heterocycles. The molecule has 168 valence electrons. The number of carbonyl (C=O) groups is 2. The Bertz CT molecular complexity index is 1120. The van der Waals surface area contributed by atoms with Crippen LogP contribution >= 0.6 is 11.6 Å². The molecule has 32 heavy (non-hydrogen) atoms. The first-order valence-corrected chi connectivity index (χ1v) is 11.4. The van der Waals surface area contributed by atoms with Gasteiger partial charge in [0.1, 0.15) is 23.4 Å². The van der Waals surface area contributed by atoms with Crippen LogP contribution in [0.2, 0.25) is 5.02 Å². The van der Waals surface area contributed by atoms with E-state index in [0.717, 1.165) is 37.0 Å². The van der Waals surface area contributed by atoms with Crippen molar-refractivity contribution in [3.8, 4) is 0 Å². The lowest BCUT2D eigenvalue weighted by atomic mass is 9.82. The molecule has 2 aromatic rings. The molecule has 0 spiro atoms. The van der Waals surface area contributed by atoms with Crippen LogP contribution in [0.5, 0.6) is 0 Å². The van der Waals surface area contributed by atoms with Gasteiger partial charge in [-0.25, -0.2) is 8.78 Å². The van der Waals surface area contributed by atoms with Crippen molar-refractivity contribution >= 4 is 23.4 Å². The molecule has 4 atom stereocenters. The van der Waals surface area contributed by atoms with E-state index in [1.165, 1.54) is 0 Å². The fraction of sp³-hybridized carbons (Fsp3) is 0.458. The number of primary amides is 1.